The van der Waals surface area contributed by atoms with Gasteiger partial charge in [-0.15, -0.1) is 0 Å². The van der Waals surface area contributed by atoms with Crippen molar-refractivity contribution in [1.29, 1.82) is 0 Å². The maximum absolute atomic E-state index is 11.0. The van der Waals surface area contributed by atoms with Gasteiger partial charge in [0, 0.05) is 31.5 Å². The van der Waals surface area contributed by atoms with Crippen LogP contribution in [0.25, 0.3) is 0 Å². The first-order chi connectivity index (χ1) is 10.2. The molecule has 0 spiro atoms. The molecular weight excluding hydrogens is 272 g/mol. The molecule has 0 radical (unpaired) electrons. The maximum Gasteiger partial charge on any atom is 0.311 e. The summed E-state index contributed by atoms with van der Waals surface area (Å²) < 4.78 is 1.75. The van der Waals surface area contributed by atoms with Crippen LogP contribution in [0.3, 0.4) is 0 Å². The lowest BCUT2D eigenvalue weighted by atomic mass is 10.3. The van der Waals surface area contributed by atoms with Gasteiger partial charge in [-0.1, -0.05) is 6.92 Å². The number of nitro groups is 1. The van der Waals surface area contributed by atoms with Gasteiger partial charge in [-0.3, -0.25) is 14.8 Å². The van der Waals surface area contributed by atoms with E-state index in [-0.39, 0.29) is 11.5 Å². The maximum atomic E-state index is 11.0. The van der Waals surface area contributed by atoms with Crippen molar-refractivity contribution >= 4 is 17.3 Å². The SMILES string of the molecule is CCCNc1ccc([N+](=O)[O-])c(NCCn2cccn2)n1. The van der Waals surface area contributed by atoms with E-state index < -0.39 is 4.92 Å². The summed E-state index contributed by atoms with van der Waals surface area (Å²) in [6.45, 7) is 3.93. The summed E-state index contributed by atoms with van der Waals surface area (Å²) >= 11 is 0. The summed E-state index contributed by atoms with van der Waals surface area (Å²) in [6, 6.07) is 4.91. The Morgan fingerprint density at radius 2 is 2.19 bits per heavy atom. The van der Waals surface area contributed by atoms with Crippen LogP contribution in [0.2, 0.25) is 0 Å². The minimum Gasteiger partial charge on any atom is -0.370 e. The molecule has 112 valence electrons. The van der Waals surface area contributed by atoms with Gasteiger partial charge in [0.25, 0.3) is 0 Å². The third kappa shape index (κ3) is 4.16. The largest absolute Gasteiger partial charge is 0.370 e. The summed E-state index contributed by atoms with van der Waals surface area (Å²) in [5, 5.41) is 21.2. The molecule has 0 bridgehead atoms. The fourth-order valence-corrected chi connectivity index (χ4v) is 1.80. The van der Waals surface area contributed by atoms with Gasteiger partial charge in [0.15, 0.2) is 0 Å². The Balaban J connectivity index is 2.04. The number of anilines is 2. The van der Waals surface area contributed by atoms with Crippen LogP contribution >= 0.6 is 0 Å². The zero-order valence-corrected chi connectivity index (χ0v) is 11.8. The third-order valence-electron chi connectivity index (χ3n) is 2.82. The van der Waals surface area contributed by atoms with Crippen LogP contribution in [-0.4, -0.2) is 32.8 Å². The Hall–Kier alpha value is -2.64. The van der Waals surface area contributed by atoms with Gasteiger partial charge in [0.2, 0.25) is 5.82 Å². The van der Waals surface area contributed by atoms with E-state index in [1.807, 2.05) is 19.2 Å². The smallest absolute Gasteiger partial charge is 0.311 e. The molecule has 0 aliphatic rings. The number of hydrogen-bond acceptors (Lipinski definition) is 6. The van der Waals surface area contributed by atoms with Crippen LogP contribution < -0.4 is 10.6 Å². The van der Waals surface area contributed by atoms with E-state index in [2.05, 4.69) is 20.7 Å². The molecular formula is C13H18N6O2. The molecule has 0 atom stereocenters. The van der Waals surface area contributed by atoms with Crippen LogP contribution in [0.1, 0.15) is 13.3 Å². The lowest BCUT2D eigenvalue weighted by Gasteiger charge is -2.09. The number of rotatable bonds is 8. The molecule has 2 N–H and O–H groups in total. The van der Waals surface area contributed by atoms with Crippen molar-refractivity contribution in [3.8, 4) is 0 Å². The van der Waals surface area contributed by atoms with Gasteiger partial charge in [-0.25, -0.2) is 4.98 Å². The van der Waals surface area contributed by atoms with Gasteiger partial charge >= 0.3 is 5.69 Å². The molecule has 2 heterocycles. The fourth-order valence-electron chi connectivity index (χ4n) is 1.80. The molecule has 0 amide bonds. The summed E-state index contributed by atoms with van der Waals surface area (Å²) in [4.78, 5) is 14.8. The zero-order valence-electron chi connectivity index (χ0n) is 11.8. The topological polar surface area (TPSA) is 97.9 Å². The predicted molar refractivity (Wildman–Crippen MR) is 80.4 cm³/mol. The summed E-state index contributed by atoms with van der Waals surface area (Å²) in [5.74, 6) is 0.900. The van der Waals surface area contributed by atoms with Crippen LogP contribution in [0.5, 0.6) is 0 Å². The molecule has 2 rings (SSSR count). The molecule has 0 saturated carbocycles. The molecule has 0 unspecified atom stereocenters. The van der Waals surface area contributed by atoms with Gasteiger partial charge in [0.05, 0.1) is 11.5 Å². The first-order valence-corrected chi connectivity index (χ1v) is 6.81. The Kier molecular flexibility index (Phi) is 5.08. The van der Waals surface area contributed by atoms with Crippen molar-refractivity contribution < 1.29 is 4.92 Å². The van der Waals surface area contributed by atoms with E-state index in [1.165, 1.54) is 6.07 Å². The highest BCUT2D eigenvalue weighted by atomic mass is 16.6. The van der Waals surface area contributed by atoms with Crippen LogP contribution in [0, 0.1) is 10.1 Å². The number of nitrogens with zero attached hydrogens (tertiary/aromatic N) is 4. The molecule has 0 aliphatic heterocycles. The van der Waals surface area contributed by atoms with Crippen molar-refractivity contribution in [2.45, 2.75) is 19.9 Å². The first-order valence-electron chi connectivity index (χ1n) is 6.81. The van der Waals surface area contributed by atoms with Crippen molar-refractivity contribution in [2.24, 2.45) is 0 Å². The minimum atomic E-state index is -0.438. The van der Waals surface area contributed by atoms with Crippen molar-refractivity contribution in [3.63, 3.8) is 0 Å². The molecule has 0 aromatic carbocycles. The molecule has 0 fully saturated rings. The van der Waals surface area contributed by atoms with Crippen molar-refractivity contribution in [1.82, 2.24) is 14.8 Å². The van der Waals surface area contributed by atoms with Gasteiger partial charge in [-0.05, 0) is 18.6 Å². The average Bonchev–Trinajstić information content (AvgIpc) is 2.98. The first kappa shape index (κ1) is 14.8. The number of pyridine rings is 1. The molecule has 21 heavy (non-hydrogen) atoms. The summed E-state index contributed by atoms with van der Waals surface area (Å²) in [5.41, 5.74) is -0.0301. The van der Waals surface area contributed by atoms with E-state index in [0.29, 0.717) is 18.9 Å². The van der Waals surface area contributed by atoms with Gasteiger partial charge in [0.1, 0.15) is 5.82 Å². The third-order valence-corrected chi connectivity index (χ3v) is 2.82. The van der Waals surface area contributed by atoms with Crippen molar-refractivity contribution in [3.05, 3.63) is 40.7 Å². The Bertz CT molecular complexity index is 584. The van der Waals surface area contributed by atoms with Gasteiger partial charge in [-0.2, -0.15) is 5.10 Å². The van der Waals surface area contributed by atoms with E-state index in [1.54, 1.807) is 16.9 Å². The lowest BCUT2D eigenvalue weighted by molar-refractivity contribution is -0.384. The summed E-state index contributed by atoms with van der Waals surface area (Å²) in [6.07, 6.45) is 4.49. The average molecular weight is 290 g/mol. The molecule has 0 aliphatic carbocycles. The second kappa shape index (κ2) is 7.22. The fraction of sp³-hybridized carbons (Fsp3) is 0.385. The van der Waals surface area contributed by atoms with E-state index in [9.17, 15) is 10.1 Å². The highest BCUT2D eigenvalue weighted by molar-refractivity contribution is 5.60. The monoisotopic (exact) mass is 290 g/mol. The number of nitrogens with one attached hydrogen (secondary N) is 2. The molecule has 2 aromatic rings. The van der Waals surface area contributed by atoms with E-state index >= 15 is 0 Å². The Morgan fingerprint density at radius 1 is 1.33 bits per heavy atom. The van der Waals surface area contributed by atoms with E-state index in [4.69, 9.17) is 0 Å². The summed E-state index contributed by atoms with van der Waals surface area (Å²) in [7, 11) is 0. The molecule has 0 saturated heterocycles. The number of hydrogen-bond donors (Lipinski definition) is 2. The quantitative estimate of drug-likeness (QED) is 0.571. The normalized spacial score (nSPS) is 10.3. The predicted octanol–water partition coefficient (Wildman–Crippen LogP) is 2.12. The van der Waals surface area contributed by atoms with E-state index in [0.717, 1.165) is 13.0 Å². The lowest BCUT2D eigenvalue weighted by Crippen LogP contribution is -2.13. The minimum absolute atomic E-state index is 0.0301. The van der Waals surface area contributed by atoms with Crippen molar-refractivity contribution in [2.75, 3.05) is 23.7 Å². The highest BCUT2D eigenvalue weighted by Gasteiger charge is 2.15. The highest BCUT2D eigenvalue weighted by Crippen LogP contribution is 2.23. The Morgan fingerprint density at radius 3 is 2.86 bits per heavy atom. The standard InChI is InChI=1S/C13H18N6O2/c1-2-6-14-12-5-4-11(19(20)21)13(17-12)15-8-10-18-9-3-7-16-18/h3-5,7,9H,2,6,8,10H2,1H3,(H2,14,15,17). The van der Waals surface area contributed by atoms with Crippen LogP contribution in [-0.2, 0) is 6.54 Å². The second-order valence-electron chi connectivity index (χ2n) is 4.44. The molecule has 8 nitrogen and oxygen atoms in total. The molecule has 8 heteroatoms. The van der Waals surface area contributed by atoms with Gasteiger partial charge < -0.3 is 10.6 Å². The van der Waals surface area contributed by atoms with Crippen LogP contribution in [0.4, 0.5) is 17.3 Å². The number of aromatic nitrogens is 3. The Labute approximate surface area is 122 Å². The second-order valence-corrected chi connectivity index (χ2v) is 4.44. The molecule has 2 aromatic heterocycles. The van der Waals surface area contributed by atoms with Crippen LogP contribution in [0.15, 0.2) is 30.6 Å². The zero-order chi connectivity index (χ0) is 15.1.